The molecule has 0 aliphatic rings. The van der Waals surface area contributed by atoms with Gasteiger partial charge in [-0.1, -0.05) is 5.57 Å². The summed E-state index contributed by atoms with van der Waals surface area (Å²) in [7, 11) is 0. The average Bonchev–Trinajstić information content (AvgIpc) is 1.84. The summed E-state index contributed by atoms with van der Waals surface area (Å²) < 4.78 is 0. The third kappa shape index (κ3) is 3.40. The van der Waals surface area contributed by atoms with Gasteiger partial charge in [-0.3, -0.25) is 4.79 Å². The van der Waals surface area contributed by atoms with Gasteiger partial charge in [0.2, 0.25) is 0 Å². The van der Waals surface area contributed by atoms with Crippen molar-refractivity contribution in [1.29, 1.82) is 0 Å². The zero-order valence-corrected chi connectivity index (χ0v) is 6.42. The lowest BCUT2D eigenvalue weighted by Crippen LogP contribution is -2.03. The van der Waals surface area contributed by atoms with Crippen LogP contribution in [-0.2, 0) is 9.59 Å². The third-order valence-electron chi connectivity index (χ3n) is 1.38. The maximum absolute atomic E-state index is 10.3. The standard InChI is InChI=1S/C7H10O4/c1-4(3-6(8)9)5(2)7(10)11/h3H2,1-2H3,(H,8,9)(H,10,11)/b5-4+. The molecule has 0 aromatic heterocycles. The molecule has 0 aliphatic heterocycles. The van der Waals surface area contributed by atoms with Crippen LogP contribution in [0.25, 0.3) is 0 Å². The van der Waals surface area contributed by atoms with E-state index in [1.807, 2.05) is 0 Å². The second-order valence-electron chi connectivity index (χ2n) is 2.28. The lowest BCUT2D eigenvalue weighted by Gasteiger charge is -1.98. The second kappa shape index (κ2) is 3.75. The lowest BCUT2D eigenvalue weighted by atomic mass is 10.1. The molecule has 0 bridgehead atoms. The quantitative estimate of drug-likeness (QED) is 0.598. The number of hydrogen-bond acceptors (Lipinski definition) is 2. The van der Waals surface area contributed by atoms with Crippen molar-refractivity contribution in [3.8, 4) is 0 Å². The van der Waals surface area contributed by atoms with Crippen molar-refractivity contribution in [2.45, 2.75) is 20.3 Å². The van der Waals surface area contributed by atoms with Crippen LogP contribution in [0.4, 0.5) is 0 Å². The van der Waals surface area contributed by atoms with Gasteiger partial charge in [0.1, 0.15) is 0 Å². The molecule has 0 unspecified atom stereocenters. The molecular formula is C7H10O4. The molecule has 0 spiro atoms. The van der Waals surface area contributed by atoms with Gasteiger partial charge >= 0.3 is 11.9 Å². The number of rotatable bonds is 3. The molecule has 0 heterocycles. The largest absolute Gasteiger partial charge is 0.481 e. The average molecular weight is 158 g/mol. The van der Waals surface area contributed by atoms with Crippen LogP contribution in [-0.4, -0.2) is 22.2 Å². The van der Waals surface area contributed by atoms with Crippen LogP contribution in [0.5, 0.6) is 0 Å². The minimum atomic E-state index is -1.07. The van der Waals surface area contributed by atoms with E-state index < -0.39 is 11.9 Å². The molecule has 4 heteroatoms. The lowest BCUT2D eigenvalue weighted by molar-refractivity contribution is -0.136. The predicted molar refractivity (Wildman–Crippen MR) is 38.3 cm³/mol. The predicted octanol–water partition coefficient (Wildman–Crippen LogP) is 0.882. The first-order valence-corrected chi connectivity index (χ1v) is 3.06. The summed E-state index contributed by atoms with van der Waals surface area (Å²) >= 11 is 0. The van der Waals surface area contributed by atoms with Crippen molar-refractivity contribution in [3.63, 3.8) is 0 Å². The van der Waals surface area contributed by atoms with Gasteiger partial charge in [0, 0.05) is 5.57 Å². The Kier molecular flexibility index (Phi) is 3.30. The van der Waals surface area contributed by atoms with E-state index >= 15 is 0 Å². The maximum Gasteiger partial charge on any atom is 0.331 e. The molecule has 0 rings (SSSR count). The maximum atomic E-state index is 10.3. The molecular weight excluding hydrogens is 148 g/mol. The fourth-order valence-electron chi connectivity index (χ4n) is 0.542. The molecule has 0 amide bonds. The van der Waals surface area contributed by atoms with Crippen molar-refractivity contribution in [2.75, 3.05) is 0 Å². The van der Waals surface area contributed by atoms with Gasteiger partial charge in [0.25, 0.3) is 0 Å². The highest BCUT2D eigenvalue weighted by Crippen LogP contribution is 2.07. The number of carboxylic acid groups (broad SMARTS) is 2. The molecule has 2 N–H and O–H groups in total. The van der Waals surface area contributed by atoms with Crippen LogP contribution in [0.2, 0.25) is 0 Å². The summed E-state index contributed by atoms with van der Waals surface area (Å²) in [6.45, 7) is 2.89. The number of aliphatic carboxylic acids is 2. The van der Waals surface area contributed by atoms with E-state index in [0.29, 0.717) is 5.57 Å². The van der Waals surface area contributed by atoms with Crippen LogP contribution < -0.4 is 0 Å². The summed E-state index contributed by atoms with van der Waals surface area (Å²) in [5, 5.41) is 16.7. The Morgan fingerprint density at radius 3 is 1.91 bits per heavy atom. The van der Waals surface area contributed by atoms with Gasteiger partial charge in [0.05, 0.1) is 6.42 Å². The zero-order valence-electron chi connectivity index (χ0n) is 6.42. The number of carbonyl (C=O) groups is 2. The monoisotopic (exact) mass is 158 g/mol. The minimum Gasteiger partial charge on any atom is -0.481 e. The molecule has 0 aliphatic carbocycles. The van der Waals surface area contributed by atoms with Gasteiger partial charge in [-0.15, -0.1) is 0 Å². The first-order valence-electron chi connectivity index (χ1n) is 3.06. The molecule has 0 saturated heterocycles. The normalized spacial score (nSPS) is 12.2. The van der Waals surface area contributed by atoms with E-state index in [1.165, 1.54) is 13.8 Å². The van der Waals surface area contributed by atoms with Crippen molar-refractivity contribution >= 4 is 11.9 Å². The molecule has 0 fully saturated rings. The van der Waals surface area contributed by atoms with Crippen molar-refractivity contribution in [2.24, 2.45) is 0 Å². The zero-order chi connectivity index (χ0) is 9.02. The molecule has 4 nitrogen and oxygen atoms in total. The van der Waals surface area contributed by atoms with Crippen LogP contribution in [0.3, 0.4) is 0 Å². The molecule has 0 aromatic carbocycles. The van der Waals surface area contributed by atoms with Crippen LogP contribution in [0.15, 0.2) is 11.1 Å². The summed E-state index contributed by atoms with van der Waals surface area (Å²) in [4.78, 5) is 20.4. The highest BCUT2D eigenvalue weighted by molar-refractivity contribution is 5.87. The van der Waals surface area contributed by atoms with E-state index in [2.05, 4.69) is 0 Å². The van der Waals surface area contributed by atoms with E-state index in [1.54, 1.807) is 0 Å². The Morgan fingerprint density at radius 1 is 1.18 bits per heavy atom. The molecule has 0 radical (unpaired) electrons. The van der Waals surface area contributed by atoms with Crippen molar-refractivity contribution < 1.29 is 19.8 Å². The summed E-state index contributed by atoms with van der Waals surface area (Å²) in [6, 6.07) is 0. The molecule has 0 atom stereocenters. The SMILES string of the molecule is C/C(CC(=O)O)=C(/C)C(=O)O. The first-order chi connectivity index (χ1) is 4.95. The Labute approximate surface area is 64.2 Å². The highest BCUT2D eigenvalue weighted by Gasteiger charge is 2.07. The van der Waals surface area contributed by atoms with Gasteiger partial charge in [-0.25, -0.2) is 4.79 Å². The van der Waals surface area contributed by atoms with Crippen molar-refractivity contribution in [1.82, 2.24) is 0 Å². The topological polar surface area (TPSA) is 74.6 Å². The number of carboxylic acids is 2. The fraction of sp³-hybridized carbons (Fsp3) is 0.429. The minimum absolute atomic E-state index is 0.104. The van der Waals surface area contributed by atoms with E-state index in [-0.39, 0.29) is 12.0 Å². The Hall–Kier alpha value is -1.32. The number of hydrogen-bond donors (Lipinski definition) is 2. The van der Waals surface area contributed by atoms with E-state index in [9.17, 15) is 9.59 Å². The van der Waals surface area contributed by atoms with Gasteiger partial charge in [-0.2, -0.15) is 0 Å². The summed E-state index contributed by atoms with van der Waals surface area (Å²) in [6.07, 6.45) is -0.210. The summed E-state index contributed by atoms with van der Waals surface area (Å²) in [5.41, 5.74) is 0.484. The third-order valence-corrected chi connectivity index (χ3v) is 1.38. The molecule has 0 saturated carbocycles. The first kappa shape index (κ1) is 9.68. The van der Waals surface area contributed by atoms with Gasteiger partial charge < -0.3 is 10.2 Å². The summed E-state index contributed by atoms with van der Waals surface area (Å²) in [5.74, 6) is -2.08. The van der Waals surface area contributed by atoms with Crippen LogP contribution in [0, 0.1) is 0 Å². The smallest absolute Gasteiger partial charge is 0.331 e. The van der Waals surface area contributed by atoms with Crippen LogP contribution >= 0.6 is 0 Å². The second-order valence-corrected chi connectivity index (χ2v) is 2.28. The Balaban J connectivity index is 4.40. The Morgan fingerprint density at radius 2 is 1.64 bits per heavy atom. The molecule has 62 valence electrons. The van der Waals surface area contributed by atoms with E-state index in [0.717, 1.165) is 0 Å². The van der Waals surface area contributed by atoms with E-state index in [4.69, 9.17) is 10.2 Å². The Bertz CT molecular complexity index is 214. The van der Waals surface area contributed by atoms with Crippen molar-refractivity contribution in [3.05, 3.63) is 11.1 Å². The highest BCUT2D eigenvalue weighted by atomic mass is 16.4. The van der Waals surface area contributed by atoms with Crippen LogP contribution in [0.1, 0.15) is 20.3 Å². The van der Waals surface area contributed by atoms with Gasteiger partial charge in [-0.05, 0) is 13.8 Å². The molecule has 0 aromatic rings. The fourth-order valence-corrected chi connectivity index (χ4v) is 0.542. The molecule has 11 heavy (non-hydrogen) atoms. The van der Waals surface area contributed by atoms with Gasteiger partial charge in [0.15, 0.2) is 0 Å².